The molecule has 0 saturated heterocycles. The van der Waals surface area contributed by atoms with Crippen LogP contribution < -0.4 is 16.8 Å². The molecule has 4 rings (SSSR count). The number of aromatic hydroxyl groups is 1. The van der Waals surface area contributed by atoms with E-state index in [1.165, 1.54) is 18.9 Å². The van der Waals surface area contributed by atoms with E-state index in [1.54, 1.807) is 6.07 Å². The quantitative estimate of drug-likeness (QED) is 0.301. The highest BCUT2D eigenvalue weighted by Gasteiger charge is 2.61. The molecular weight excluding hydrogens is 452 g/mol. The molecule has 5 atom stereocenters. The predicted octanol–water partition coefficient (Wildman–Crippen LogP) is 0.217. The highest BCUT2D eigenvalue weighted by molar-refractivity contribution is 5.96. The van der Waals surface area contributed by atoms with Crippen molar-refractivity contribution >= 4 is 17.8 Å². The summed E-state index contributed by atoms with van der Waals surface area (Å²) in [4.78, 5) is 37.7. The van der Waals surface area contributed by atoms with E-state index in [9.17, 15) is 24.6 Å². The number of hydrogen-bond acceptors (Lipinski definition) is 7. The summed E-state index contributed by atoms with van der Waals surface area (Å²) in [5, 5.41) is 35.3. The first-order valence-corrected chi connectivity index (χ1v) is 12.2. The Balaban J connectivity index is 1.72. The molecule has 2 fully saturated rings. The number of aliphatic hydroxyl groups is 1. The Morgan fingerprint density at radius 3 is 2.54 bits per heavy atom. The fourth-order valence-corrected chi connectivity index (χ4v) is 6.36. The van der Waals surface area contributed by atoms with Crippen molar-refractivity contribution in [1.29, 1.82) is 0 Å². The van der Waals surface area contributed by atoms with Crippen molar-refractivity contribution in [3.05, 3.63) is 28.8 Å². The Morgan fingerprint density at radius 2 is 1.94 bits per heavy atom. The van der Waals surface area contributed by atoms with Gasteiger partial charge >= 0.3 is 5.97 Å². The molecule has 10 heteroatoms. The highest BCUT2D eigenvalue weighted by Crippen LogP contribution is 2.56. The largest absolute Gasteiger partial charge is 0.507 e. The smallest absolute Gasteiger partial charge is 0.305 e. The number of amides is 2. The third-order valence-corrected chi connectivity index (χ3v) is 8.38. The number of primary amides is 1. The molecule has 0 bridgehead atoms. The van der Waals surface area contributed by atoms with Gasteiger partial charge in [0.25, 0.3) is 5.91 Å². The van der Waals surface area contributed by atoms with Gasteiger partial charge in [0.05, 0.1) is 23.6 Å². The van der Waals surface area contributed by atoms with Gasteiger partial charge in [-0.1, -0.05) is 13.0 Å². The average molecular weight is 489 g/mol. The third-order valence-electron chi connectivity index (χ3n) is 8.38. The summed E-state index contributed by atoms with van der Waals surface area (Å²) in [5.74, 6) is -2.10. The molecule has 0 aliphatic heterocycles. The van der Waals surface area contributed by atoms with E-state index in [0.717, 1.165) is 12.1 Å². The molecule has 1 aromatic rings. The number of fused-ring (bicyclic) bond motifs is 3. The molecule has 35 heavy (non-hydrogen) atoms. The minimum absolute atomic E-state index is 0.00764. The summed E-state index contributed by atoms with van der Waals surface area (Å²) in [6.07, 6.45) is 3.48. The lowest BCUT2D eigenvalue weighted by Crippen LogP contribution is -2.69. The van der Waals surface area contributed by atoms with Gasteiger partial charge in [0.2, 0.25) is 5.91 Å². The molecule has 2 amide bonds. The number of aliphatic carboxylic acids is 1. The molecule has 10 nitrogen and oxygen atoms in total. The first kappa shape index (κ1) is 25.4. The zero-order valence-corrected chi connectivity index (χ0v) is 20.3. The van der Waals surface area contributed by atoms with Gasteiger partial charge in [0.15, 0.2) is 0 Å². The normalized spacial score (nSPS) is 30.8. The molecule has 0 radical (unpaired) electrons. The van der Waals surface area contributed by atoms with E-state index in [2.05, 4.69) is 10.2 Å². The molecule has 1 unspecified atom stereocenters. The fraction of sp³-hybridized carbons (Fsp3) is 0.640. The Morgan fingerprint density at radius 1 is 1.26 bits per heavy atom. The molecule has 1 aromatic carbocycles. The molecule has 0 heterocycles. The molecule has 8 N–H and O–H groups in total. The topological polar surface area (TPSA) is 179 Å². The number of nitrogens with two attached hydrogens (primary N) is 2. The number of rotatable bonds is 8. The third kappa shape index (κ3) is 4.50. The van der Waals surface area contributed by atoms with Crippen molar-refractivity contribution in [2.24, 2.45) is 17.4 Å². The van der Waals surface area contributed by atoms with E-state index in [4.69, 9.17) is 16.6 Å². The number of likely N-dealkylation sites (N-methyl/N-ethyl adjacent to an activating group) is 1. The summed E-state index contributed by atoms with van der Waals surface area (Å²) in [7, 11) is 2.02. The van der Waals surface area contributed by atoms with E-state index in [-0.39, 0.29) is 23.8 Å². The Kier molecular flexibility index (Phi) is 6.58. The molecule has 0 aromatic heterocycles. The minimum atomic E-state index is -1.23. The van der Waals surface area contributed by atoms with Crippen LogP contribution in [-0.2, 0) is 21.4 Å². The summed E-state index contributed by atoms with van der Waals surface area (Å²) >= 11 is 0. The van der Waals surface area contributed by atoms with E-state index in [0.29, 0.717) is 30.7 Å². The lowest BCUT2D eigenvalue weighted by atomic mass is 9.52. The SMILES string of the molecule is CN(CC1CC1)[C@@H]1Cc2ccc(C(N)=O)c(O)c2C2(C)C[C@H](NC(=O)[C@@H](N)CC(=O)O)CC[C@@]12O. The van der Waals surface area contributed by atoms with Gasteiger partial charge < -0.3 is 32.1 Å². The van der Waals surface area contributed by atoms with Crippen LogP contribution in [0.1, 0.15) is 66.9 Å². The second-order valence-corrected chi connectivity index (χ2v) is 10.9. The van der Waals surface area contributed by atoms with Crippen molar-refractivity contribution in [3.63, 3.8) is 0 Å². The van der Waals surface area contributed by atoms with Crippen molar-refractivity contribution < 1.29 is 29.7 Å². The molecule has 3 aliphatic carbocycles. The summed E-state index contributed by atoms with van der Waals surface area (Å²) in [6, 6.07) is 1.51. The van der Waals surface area contributed by atoms with Gasteiger partial charge in [-0.3, -0.25) is 19.3 Å². The number of carboxylic acid groups (broad SMARTS) is 1. The van der Waals surface area contributed by atoms with Gasteiger partial charge in [-0.2, -0.15) is 0 Å². The van der Waals surface area contributed by atoms with Crippen LogP contribution in [0.2, 0.25) is 0 Å². The fourth-order valence-electron chi connectivity index (χ4n) is 6.36. The standard InChI is InChI=1S/C25H36N4O6/c1-24-11-15(28-23(34)17(26)10-19(30)31)7-8-25(24,35)18(29(2)12-13-3-4-13)9-14-5-6-16(22(27)33)21(32)20(14)24/h5-6,13,15,17-18,32,35H,3-4,7-12,26H2,1-2H3,(H2,27,33)(H,28,34)(H,30,31)/t15-,17+,18-,24?,25-/m1/s1. The van der Waals surface area contributed by atoms with Gasteiger partial charge in [-0.05, 0) is 63.1 Å². The maximum atomic E-state index is 12.6. The highest BCUT2D eigenvalue weighted by atomic mass is 16.4. The van der Waals surface area contributed by atoms with Crippen LogP contribution in [0, 0.1) is 5.92 Å². The van der Waals surface area contributed by atoms with Crippen LogP contribution in [0.15, 0.2) is 12.1 Å². The number of nitrogens with zero attached hydrogens (tertiary/aromatic N) is 1. The Bertz CT molecular complexity index is 1040. The Hall–Kier alpha value is -2.69. The molecule has 192 valence electrons. The van der Waals surface area contributed by atoms with E-state index in [1.807, 2.05) is 14.0 Å². The van der Waals surface area contributed by atoms with Crippen LogP contribution in [0.4, 0.5) is 0 Å². The molecular formula is C25H36N4O6. The molecule has 0 spiro atoms. The van der Waals surface area contributed by atoms with Crippen molar-refractivity contribution in [2.45, 2.75) is 81.0 Å². The summed E-state index contributed by atoms with van der Waals surface area (Å²) in [5.41, 5.74) is 10.3. The van der Waals surface area contributed by atoms with Gasteiger partial charge in [0, 0.05) is 29.6 Å². The number of benzene rings is 1. The number of phenols is 1. The first-order valence-electron chi connectivity index (χ1n) is 12.2. The van der Waals surface area contributed by atoms with Gasteiger partial charge in [-0.15, -0.1) is 0 Å². The van der Waals surface area contributed by atoms with Crippen molar-refractivity contribution in [1.82, 2.24) is 10.2 Å². The number of carbonyl (C=O) groups excluding carboxylic acids is 2. The zero-order valence-electron chi connectivity index (χ0n) is 20.3. The number of carbonyl (C=O) groups is 3. The first-order chi connectivity index (χ1) is 16.4. The maximum absolute atomic E-state index is 12.6. The van der Waals surface area contributed by atoms with Crippen molar-refractivity contribution in [3.8, 4) is 5.75 Å². The number of nitrogens with one attached hydrogen (secondary N) is 1. The number of hydrogen-bond donors (Lipinski definition) is 6. The molecule has 2 saturated carbocycles. The van der Waals surface area contributed by atoms with Crippen LogP contribution in [-0.4, -0.2) is 75.3 Å². The van der Waals surface area contributed by atoms with Crippen LogP contribution in [0.25, 0.3) is 0 Å². The van der Waals surface area contributed by atoms with E-state index < -0.39 is 47.3 Å². The second kappa shape index (κ2) is 9.07. The maximum Gasteiger partial charge on any atom is 0.305 e. The van der Waals surface area contributed by atoms with E-state index >= 15 is 0 Å². The monoisotopic (exact) mass is 488 g/mol. The lowest BCUT2D eigenvalue weighted by molar-refractivity contribution is -0.141. The predicted molar refractivity (Wildman–Crippen MR) is 128 cm³/mol. The lowest BCUT2D eigenvalue weighted by Gasteiger charge is -2.59. The van der Waals surface area contributed by atoms with Crippen molar-refractivity contribution in [2.75, 3.05) is 13.6 Å². The van der Waals surface area contributed by atoms with Gasteiger partial charge in [0.1, 0.15) is 5.75 Å². The second-order valence-electron chi connectivity index (χ2n) is 10.9. The van der Waals surface area contributed by atoms with Gasteiger partial charge in [-0.25, -0.2) is 0 Å². The molecule has 3 aliphatic rings. The zero-order chi connectivity index (χ0) is 25.7. The average Bonchev–Trinajstić information content (AvgIpc) is 3.57. The Labute approximate surface area is 204 Å². The number of carboxylic acids is 1. The van der Waals surface area contributed by atoms with Crippen LogP contribution in [0.5, 0.6) is 5.75 Å². The summed E-state index contributed by atoms with van der Waals surface area (Å²) < 4.78 is 0. The summed E-state index contributed by atoms with van der Waals surface area (Å²) in [6.45, 7) is 2.73. The minimum Gasteiger partial charge on any atom is -0.507 e. The van der Waals surface area contributed by atoms with Crippen LogP contribution >= 0.6 is 0 Å². The van der Waals surface area contributed by atoms with Crippen LogP contribution in [0.3, 0.4) is 0 Å².